The molecular formula is C13H15N2O. The van der Waals surface area contributed by atoms with E-state index >= 15 is 0 Å². The van der Waals surface area contributed by atoms with Crippen molar-refractivity contribution in [2.24, 2.45) is 5.41 Å². The van der Waals surface area contributed by atoms with Gasteiger partial charge in [-0.05, 0) is 12.3 Å². The van der Waals surface area contributed by atoms with Gasteiger partial charge in [0.05, 0.1) is 0 Å². The van der Waals surface area contributed by atoms with Gasteiger partial charge in [-0.1, -0.05) is 49.3 Å². The van der Waals surface area contributed by atoms with Gasteiger partial charge in [-0.25, -0.2) is 0 Å². The van der Waals surface area contributed by atoms with Gasteiger partial charge in [0.25, 0.3) is 0 Å². The topological polar surface area (TPSA) is 38.9 Å². The molecule has 0 N–H and O–H groups in total. The van der Waals surface area contributed by atoms with E-state index in [0.717, 1.165) is 5.56 Å². The van der Waals surface area contributed by atoms with Gasteiger partial charge < -0.3 is 4.52 Å². The second kappa shape index (κ2) is 4.08. The maximum atomic E-state index is 5.19. The second-order valence-corrected chi connectivity index (χ2v) is 4.72. The third-order valence-electron chi connectivity index (χ3n) is 2.13. The molecule has 0 aliphatic rings. The van der Waals surface area contributed by atoms with Crippen molar-refractivity contribution in [2.45, 2.75) is 20.3 Å². The number of nitrogens with zero attached hydrogens (tertiary/aromatic N) is 2. The predicted octanol–water partition coefficient (Wildman–Crippen LogP) is 3.14. The fourth-order valence-electron chi connectivity index (χ4n) is 1.44. The monoisotopic (exact) mass is 215 g/mol. The van der Waals surface area contributed by atoms with Crippen LogP contribution in [0.1, 0.15) is 19.7 Å². The van der Waals surface area contributed by atoms with Crippen molar-refractivity contribution >= 4 is 0 Å². The van der Waals surface area contributed by atoms with Crippen molar-refractivity contribution < 1.29 is 4.52 Å². The smallest absolute Gasteiger partial charge is 0.227 e. The minimum atomic E-state index is -0.0828. The van der Waals surface area contributed by atoms with E-state index in [9.17, 15) is 0 Å². The van der Waals surface area contributed by atoms with Crippen LogP contribution in [0.25, 0.3) is 11.4 Å². The zero-order chi connectivity index (χ0) is 11.6. The van der Waals surface area contributed by atoms with Gasteiger partial charge in [0.1, 0.15) is 0 Å². The molecule has 0 atom stereocenters. The normalized spacial score (nSPS) is 11.7. The van der Waals surface area contributed by atoms with Gasteiger partial charge in [-0.3, -0.25) is 0 Å². The summed E-state index contributed by atoms with van der Waals surface area (Å²) in [5, 5.41) is 3.96. The van der Waals surface area contributed by atoms with Gasteiger partial charge >= 0.3 is 0 Å². The highest BCUT2D eigenvalue weighted by Crippen LogP contribution is 2.21. The Bertz CT molecular complexity index is 454. The lowest BCUT2D eigenvalue weighted by Gasteiger charge is -2.13. The van der Waals surface area contributed by atoms with Crippen LogP contribution in [0.4, 0.5) is 0 Å². The molecule has 16 heavy (non-hydrogen) atoms. The van der Waals surface area contributed by atoms with Crippen molar-refractivity contribution in [1.82, 2.24) is 10.1 Å². The molecule has 0 aliphatic heterocycles. The molecule has 0 fully saturated rings. The molecule has 0 saturated carbocycles. The molecule has 1 aromatic carbocycles. The van der Waals surface area contributed by atoms with Gasteiger partial charge in [-0.15, -0.1) is 0 Å². The summed E-state index contributed by atoms with van der Waals surface area (Å²) in [6.07, 6.45) is 0.687. The SMILES string of the molecule is [CH2]C(C)(C)Cc1nc(-c2ccccc2)no1. The van der Waals surface area contributed by atoms with Gasteiger partial charge in [0.2, 0.25) is 11.7 Å². The van der Waals surface area contributed by atoms with Crippen molar-refractivity contribution in [3.05, 3.63) is 43.1 Å². The Balaban J connectivity index is 2.21. The van der Waals surface area contributed by atoms with Crippen LogP contribution in [-0.4, -0.2) is 10.1 Å². The van der Waals surface area contributed by atoms with E-state index in [2.05, 4.69) is 17.1 Å². The van der Waals surface area contributed by atoms with Crippen LogP contribution < -0.4 is 0 Å². The highest BCUT2D eigenvalue weighted by Gasteiger charge is 2.17. The maximum absolute atomic E-state index is 5.19. The number of hydrogen-bond acceptors (Lipinski definition) is 3. The Kier molecular flexibility index (Phi) is 2.77. The van der Waals surface area contributed by atoms with E-state index in [1.165, 1.54) is 0 Å². The molecule has 0 bridgehead atoms. The highest BCUT2D eigenvalue weighted by molar-refractivity contribution is 5.53. The molecule has 1 radical (unpaired) electrons. The average Bonchev–Trinajstić information content (AvgIpc) is 2.65. The van der Waals surface area contributed by atoms with Crippen LogP contribution in [0.2, 0.25) is 0 Å². The van der Waals surface area contributed by atoms with E-state index in [0.29, 0.717) is 18.1 Å². The van der Waals surface area contributed by atoms with E-state index in [1.54, 1.807) is 0 Å². The van der Waals surface area contributed by atoms with Gasteiger partial charge in [-0.2, -0.15) is 4.98 Å². The highest BCUT2D eigenvalue weighted by atomic mass is 16.5. The van der Waals surface area contributed by atoms with E-state index < -0.39 is 0 Å². The summed E-state index contributed by atoms with van der Waals surface area (Å²) in [6, 6.07) is 9.80. The summed E-state index contributed by atoms with van der Waals surface area (Å²) in [7, 11) is 0. The Hall–Kier alpha value is -1.64. The summed E-state index contributed by atoms with van der Waals surface area (Å²) in [6.45, 7) is 8.10. The first kappa shape index (κ1) is 10.9. The van der Waals surface area contributed by atoms with Crippen LogP contribution in [0.15, 0.2) is 34.9 Å². The number of rotatable bonds is 3. The summed E-state index contributed by atoms with van der Waals surface area (Å²) < 4.78 is 5.19. The van der Waals surface area contributed by atoms with Crippen LogP contribution >= 0.6 is 0 Å². The fraction of sp³-hybridized carbons (Fsp3) is 0.308. The largest absolute Gasteiger partial charge is 0.339 e. The minimum Gasteiger partial charge on any atom is -0.339 e. The first-order valence-corrected chi connectivity index (χ1v) is 5.28. The number of benzene rings is 1. The average molecular weight is 215 g/mol. The summed E-state index contributed by atoms with van der Waals surface area (Å²) in [5.41, 5.74) is 0.889. The molecule has 0 saturated heterocycles. The van der Waals surface area contributed by atoms with Crippen LogP contribution in [0.3, 0.4) is 0 Å². The Morgan fingerprint density at radius 2 is 1.94 bits per heavy atom. The zero-order valence-corrected chi connectivity index (χ0v) is 9.60. The van der Waals surface area contributed by atoms with Crippen LogP contribution in [0.5, 0.6) is 0 Å². The van der Waals surface area contributed by atoms with Crippen LogP contribution in [0, 0.1) is 12.3 Å². The summed E-state index contributed by atoms with van der Waals surface area (Å²) >= 11 is 0. The van der Waals surface area contributed by atoms with E-state index in [-0.39, 0.29) is 5.41 Å². The van der Waals surface area contributed by atoms with Crippen molar-refractivity contribution in [3.63, 3.8) is 0 Å². The Morgan fingerprint density at radius 3 is 2.56 bits per heavy atom. The number of hydrogen-bond donors (Lipinski definition) is 0. The first-order valence-electron chi connectivity index (χ1n) is 5.28. The lowest BCUT2D eigenvalue weighted by atomic mass is 9.92. The lowest BCUT2D eigenvalue weighted by molar-refractivity contribution is 0.334. The first-order chi connectivity index (χ1) is 7.54. The van der Waals surface area contributed by atoms with Crippen LogP contribution in [-0.2, 0) is 6.42 Å². The third kappa shape index (κ3) is 2.69. The minimum absolute atomic E-state index is 0.0828. The molecule has 3 heteroatoms. The van der Waals surface area contributed by atoms with E-state index in [1.807, 2.05) is 44.2 Å². The summed E-state index contributed by atoms with van der Waals surface area (Å²) in [5.74, 6) is 1.28. The van der Waals surface area contributed by atoms with Crippen molar-refractivity contribution in [3.8, 4) is 11.4 Å². The Morgan fingerprint density at radius 1 is 1.25 bits per heavy atom. The predicted molar refractivity (Wildman–Crippen MR) is 62.6 cm³/mol. The van der Waals surface area contributed by atoms with Crippen molar-refractivity contribution in [2.75, 3.05) is 0 Å². The molecule has 2 rings (SSSR count). The lowest BCUT2D eigenvalue weighted by Crippen LogP contribution is -2.09. The molecule has 83 valence electrons. The molecule has 0 unspecified atom stereocenters. The standard InChI is InChI=1S/C13H15N2O/c1-13(2,3)9-11-14-12(15-16-11)10-7-5-4-6-8-10/h4-8H,1,9H2,2-3H3. The summed E-state index contributed by atoms with van der Waals surface area (Å²) in [4.78, 5) is 4.35. The molecule has 1 aromatic heterocycles. The quantitative estimate of drug-likeness (QED) is 0.789. The second-order valence-electron chi connectivity index (χ2n) is 4.72. The number of aromatic nitrogens is 2. The van der Waals surface area contributed by atoms with E-state index in [4.69, 9.17) is 4.52 Å². The molecule has 1 heterocycles. The fourth-order valence-corrected chi connectivity index (χ4v) is 1.44. The zero-order valence-electron chi connectivity index (χ0n) is 9.60. The molecule has 0 amide bonds. The van der Waals surface area contributed by atoms with Gasteiger partial charge in [0, 0.05) is 12.0 Å². The molecule has 0 aliphatic carbocycles. The van der Waals surface area contributed by atoms with Gasteiger partial charge in [0.15, 0.2) is 0 Å². The van der Waals surface area contributed by atoms with Crippen molar-refractivity contribution in [1.29, 1.82) is 0 Å². The molecule has 0 spiro atoms. The molecule has 2 aromatic rings. The Labute approximate surface area is 95.5 Å². The maximum Gasteiger partial charge on any atom is 0.227 e. The molecule has 3 nitrogen and oxygen atoms in total. The molecular weight excluding hydrogens is 200 g/mol. The third-order valence-corrected chi connectivity index (χ3v) is 2.13.